The molecule has 0 bridgehead atoms. The third-order valence-corrected chi connectivity index (χ3v) is 1.30. The normalized spacial score (nSPS) is 15.3. The van der Waals surface area contributed by atoms with Crippen LogP contribution in [0.25, 0.3) is 0 Å². The summed E-state index contributed by atoms with van der Waals surface area (Å²) in [6.07, 6.45) is 1.43. The lowest BCUT2D eigenvalue weighted by atomic mass is 10.3. The molecule has 0 saturated heterocycles. The summed E-state index contributed by atoms with van der Waals surface area (Å²) in [5.74, 6) is 0.547. The Morgan fingerprint density at radius 3 is 3.44 bits per heavy atom. The number of hydrogen-bond donors (Lipinski definition) is 1. The number of aromatic nitrogens is 1. The van der Waals surface area contributed by atoms with E-state index in [0.29, 0.717) is 17.9 Å². The average molecular weight is 124 g/mol. The van der Waals surface area contributed by atoms with Crippen LogP contribution in [0.4, 0.5) is 0 Å². The molecule has 2 rings (SSSR count). The van der Waals surface area contributed by atoms with Crippen molar-refractivity contribution in [3.8, 4) is 0 Å². The molecule has 2 heterocycles. The van der Waals surface area contributed by atoms with Crippen LogP contribution in [0.2, 0.25) is 0 Å². The van der Waals surface area contributed by atoms with E-state index in [0.717, 1.165) is 0 Å². The highest BCUT2D eigenvalue weighted by molar-refractivity contribution is 5.97. The fourth-order valence-corrected chi connectivity index (χ4v) is 0.832. The van der Waals surface area contributed by atoms with Gasteiger partial charge in [-0.15, -0.1) is 0 Å². The zero-order valence-corrected chi connectivity index (χ0v) is 4.55. The molecule has 1 N–H and O–H groups in total. The molecule has 1 aromatic heterocycles. The number of hydrogen-bond acceptors (Lipinski definition) is 3. The molecule has 46 valence electrons. The van der Waals surface area contributed by atoms with Crippen LogP contribution in [0.5, 0.6) is 0 Å². The molecule has 0 radical (unpaired) electrons. The molecule has 0 saturated carbocycles. The monoisotopic (exact) mass is 124 g/mol. The Kier molecular flexibility index (Phi) is 0.677. The fourth-order valence-electron chi connectivity index (χ4n) is 0.832. The van der Waals surface area contributed by atoms with E-state index in [1.165, 1.54) is 6.20 Å². The Bertz CT molecular complexity index is 253. The van der Waals surface area contributed by atoms with Crippen LogP contribution in [-0.2, 0) is 6.54 Å². The third kappa shape index (κ3) is 0.468. The summed E-state index contributed by atoms with van der Waals surface area (Å²) in [5, 5.41) is 6.05. The number of carbonyl (C=O) groups excluding carboxylic acids is 1. The number of amides is 1. The van der Waals surface area contributed by atoms with Crippen molar-refractivity contribution in [2.24, 2.45) is 0 Å². The lowest BCUT2D eigenvalue weighted by Gasteiger charge is -1.83. The molecule has 1 aliphatic heterocycles. The van der Waals surface area contributed by atoms with E-state index in [9.17, 15) is 4.79 Å². The van der Waals surface area contributed by atoms with Gasteiger partial charge in [0.2, 0.25) is 0 Å². The molecule has 0 aliphatic carbocycles. The summed E-state index contributed by atoms with van der Waals surface area (Å²) in [5.41, 5.74) is 0.565. The van der Waals surface area contributed by atoms with Crippen molar-refractivity contribution in [2.75, 3.05) is 0 Å². The minimum Gasteiger partial charge on any atom is -0.359 e. The van der Waals surface area contributed by atoms with Crippen molar-refractivity contribution in [3.05, 3.63) is 17.5 Å². The summed E-state index contributed by atoms with van der Waals surface area (Å²) in [4.78, 5) is 10.7. The van der Waals surface area contributed by atoms with E-state index in [4.69, 9.17) is 4.52 Å². The average Bonchev–Trinajstić information content (AvgIpc) is 2.35. The van der Waals surface area contributed by atoms with Gasteiger partial charge in [-0.25, -0.2) is 0 Å². The Morgan fingerprint density at radius 2 is 2.67 bits per heavy atom. The lowest BCUT2D eigenvalue weighted by molar-refractivity contribution is 0.0965. The molecule has 0 spiro atoms. The molecule has 0 atom stereocenters. The van der Waals surface area contributed by atoms with Crippen molar-refractivity contribution in [1.29, 1.82) is 0 Å². The van der Waals surface area contributed by atoms with Gasteiger partial charge in [-0.3, -0.25) is 4.79 Å². The van der Waals surface area contributed by atoms with Crippen LogP contribution in [-0.4, -0.2) is 11.1 Å². The SMILES string of the molecule is O=C1NCc2oncc21. The van der Waals surface area contributed by atoms with Crippen molar-refractivity contribution in [2.45, 2.75) is 6.54 Å². The largest absolute Gasteiger partial charge is 0.359 e. The van der Waals surface area contributed by atoms with Gasteiger partial charge < -0.3 is 9.84 Å². The topological polar surface area (TPSA) is 55.1 Å². The zero-order chi connectivity index (χ0) is 6.27. The van der Waals surface area contributed by atoms with Crippen molar-refractivity contribution >= 4 is 5.91 Å². The molecule has 4 nitrogen and oxygen atoms in total. The standard InChI is InChI=1S/C5H4N2O2/c8-5-3-1-7-9-4(3)2-6-5/h1H,2H2,(H,6,8). The number of nitrogens with one attached hydrogen (secondary N) is 1. The van der Waals surface area contributed by atoms with Gasteiger partial charge in [-0.05, 0) is 0 Å². The zero-order valence-electron chi connectivity index (χ0n) is 4.55. The van der Waals surface area contributed by atoms with Crippen LogP contribution in [0, 0.1) is 0 Å². The molecule has 0 fully saturated rings. The van der Waals surface area contributed by atoms with Crippen molar-refractivity contribution < 1.29 is 9.32 Å². The molecule has 9 heavy (non-hydrogen) atoms. The minimum atomic E-state index is -0.0914. The van der Waals surface area contributed by atoms with E-state index in [-0.39, 0.29) is 5.91 Å². The Balaban J connectivity index is 2.61. The second-order valence-corrected chi connectivity index (χ2v) is 1.85. The van der Waals surface area contributed by atoms with Gasteiger partial charge in [-0.2, -0.15) is 0 Å². The van der Waals surface area contributed by atoms with Gasteiger partial charge >= 0.3 is 0 Å². The molecule has 4 heteroatoms. The first kappa shape index (κ1) is 4.55. The fraction of sp³-hybridized carbons (Fsp3) is 0.200. The first-order valence-corrected chi connectivity index (χ1v) is 2.59. The van der Waals surface area contributed by atoms with E-state index in [1.807, 2.05) is 0 Å². The smallest absolute Gasteiger partial charge is 0.256 e. The number of fused-ring (bicyclic) bond motifs is 1. The predicted octanol–water partition coefficient (Wildman–Crippen LogP) is -0.0820. The lowest BCUT2D eigenvalue weighted by Crippen LogP contribution is -2.12. The number of carbonyl (C=O) groups is 1. The maximum absolute atomic E-state index is 10.7. The van der Waals surface area contributed by atoms with Gasteiger partial charge in [0.15, 0.2) is 5.76 Å². The number of rotatable bonds is 0. The van der Waals surface area contributed by atoms with Crippen molar-refractivity contribution in [1.82, 2.24) is 10.5 Å². The van der Waals surface area contributed by atoms with Crippen LogP contribution >= 0.6 is 0 Å². The van der Waals surface area contributed by atoms with Gasteiger partial charge in [-0.1, -0.05) is 5.16 Å². The Labute approximate surface area is 50.8 Å². The van der Waals surface area contributed by atoms with Crippen molar-refractivity contribution in [3.63, 3.8) is 0 Å². The molecular formula is C5H4N2O2. The van der Waals surface area contributed by atoms with Crippen LogP contribution in [0.15, 0.2) is 10.7 Å². The summed E-state index contributed by atoms with van der Waals surface area (Å²) in [6.45, 7) is 0.480. The first-order chi connectivity index (χ1) is 4.38. The highest BCUT2D eigenvalue weighted by Gasteiger charge is 2.22. The van der Waals surface area contributed by atoms with E-state index < -0.39 is 0 Å². The minimum absolute atomic E-state index is 0.0914. The number of nitrogens with zero attached hydrogens (tertiary/aromatic N) is 1. The highest BCUT2D eigenvalue weighted by atomic mass is 16.5. The van der Waals surface area contributed by atoms with Crippen LogP contribution in [0.1, 0.15) is 16.1 Å². The molecule has 1 amide bonds. The summed E-state index contributed by atoms with van der Waals surface area (Å²) >= 11 is 0. The Hall–Kier alpha value is -1.32. The van der Waals surface area contributed by atoms with Gasteiger partial charge in [0, 0.05) is 0 Å². The van der Waals surface area contributed by atoms with Gasteiger partial charge in [0.05, 0.1) is 12.7 Å². The molecule has 0 aromatic carbocycles. The third-order valence-electron chi connectivity index (χ3n) is 1.30. The maximum Gasteiger partial charge on any atom is 0.256 e. The van der Waals surface area contributed by atoms with Crippen LogP contribution in [0.3, 0.4) is 0 Å². The second-order valence-electron chi connectivity index (χ2n) is 1.85. The predicted molar refractivity (Wildman–Crippen MR) is 27.7 cm³/mol. The quantitative estimate of drug-likeness (QED) is 0.526. The van der Waals surface area contributed by atoms with E-state index in [2.05, 4.69) is 10.5 Å². The maximum atomic E-state index is 10.7. The summed E-state index contributed by atoms with van der Waals surface area (Å²) < 4.78 is 4.71. The van der Waals surface area contributed by atoms with Crippen LogP contribution < -0.4 is 5.32 Å². The summed E-state index contributed by atoms with van der Waals surface area (Å²) in [6, 6.07) is 0. The summed E-state index contributed by atoms with van der Waals surface area (Å²) in [7, 11) is 0. The Morgan fingerprint density at radius 1 is 1.78 bits per heavy atom. The first-order valence-electron chi connectivity index (χ1n) is 2.59. The van der Waals surface area contributed by atoms with E-state index >= 15 is 0 Å². The molecule has 1 aliphatic rings. The molecule has 1 aromatic rings. The van der Waals surface area contributed by atoms with E-state index in [1.54, 1.807) is 0 Å². The molecular weight excluding hydrogens is 120 g/mol. The van der Waals surface area contributed by atoms with Gasteiger partial charge in [0.25, 0.3) is 5.91 Å². The molecule has 0 unspecified atom stereocenters. The highest BCUT2D eigenvalue weighted by Crippen LogP contribution is 2.12. The van der Waals surface area contributed by atoms with Gasteiger partial charge in [0.1, 0.15) is 5.56 Å². The second kappa shape index (κ2) is 1.34.